The van der Waals surface area contributed by atoms with Crippen LogP contribution in [0.15, 0.2) is 22.7 Å². The van der Waals surface area contributed by atoms with Gasteiger partial charge in [0.05, 0.1) is 12.3 Å². The largest absolute Gasteiger partial charge is 0.449 e. The molecular weight excluding hydrogens is 308 g/mol. The molecule has 2 heterocycles. The smallest absolute Gasteiger partial charge is 0.414 e. The lowest BCUT2D eigenvalue weighted by Crippen LogP contribution is -2.46. The van der Waals surface area contributed by atoms with Crippen molar-refractivity contribution in [3.63, 3.8) is 0 Å². The SMILES string of the molecule is CCOC(=O)N1c2c(Br)cccc2[C@H]2CNCC[C@H]21. The number of rotatable bonds is 1. The molecule has 1 saturated heterocycles. The van der Waals surface area contributed by atoms with Crippen molar-refractivity contribution >= 4 is 27.7 Å². The molecule has 5 heteroatoms. The van der Waals surface area contributed by atoms with Gasteiger partial charge in [-0.25, -0.2) is 4.79 Å². The Labute approximate surface area is 121 Å². The number of hydrogen-bond donors (Lipinski definition) is 1. The molecule has 1 fully saturated rings. The van der Waals surface area contributed by atoms with E-state index in [1.807, 2.05) is 24.0 Å². The Hall–Kier alpha value is -1.07. The molecule has 1 amide bonds. The summed E-state index contributed by atoms with van der Waals surface area (Å²) in [5.74, 6) is 0.366. The molecule has 0 radical (unpaired) electrons. The van der Waals surface area contributed by atoms with E-state index in [1.54, 1.807) is 0 Å². The second-order valence-electron chi connectivity index (χ2n) is 4.91. The molecule has 1 aromatic carbocycles. The number of fused-ring (bicyclic) bond motifs is 3. The van der Waals surface area contributed by atoms with Crippen LogP contribution < -0.4 is 10.2 Å². The Morgan fingerprint density at radius 2 is 2.42 bits per heavy atom. The van der Waals surface area contributed by atoms with Crippen LogP contribution in [0, 0.1) is 0 Å². The minimum absolute atomic E-state index is 0.217. The van der Waals surface area contributed by atoms with Gasteiger partial charge in [0.2, 0.25) is 0 Å². The first-order valence-electron chi connectivity index (χ1n) is 6.69. The van der Waals surface area contributed by atoms with Crippen LogP contribution in [0.25, 0.3) is 0 Å². The topological polar surface area (TPSA) is 41.6 Å². The first-order chi connectivity index (χ1) is 9.24. The molecule has 0 unspecified atom stereocenters. The third kappa shape index (κ3) is 2.05. The average Bonchev–Trinajstić information content (AvgIpc) is 2.75. The summed E-state index contributed by atoms with van der Waals surface area (Å²) >= 11 is 3.57. The summed E-state index contributed by atoms with van der Waals surface area (Å²) in [6, 6.07) is 6.34. The van der Waals surface area contributed by atoms with Gasteiger partial charge in [-0.1, -0.05) is 12.1 Å². The Balaban J connectivity index is 2.05. The normalized spacial score (nSPS) is 24.8. The predicted molar refractivity (Wildman–Crippen MR) is 77.7 cm³/mol. The molecule has 0 aliphatic carbocycles. The number of ether oxygens (including phenoxy) is 1. The molecule has 2 aliphatic rings. The molecule has 1 N–H and O–H groups in total. The van der Waals surface area contributed by atoms with E-state index in [-0.39, 0.29) is 12.1 Å². The average molecular weight is 325 g/mol. The molecule has 2 aliphatic heterocycles. The minimum atomic E-state index is -0.231. The van der Waals surface area contributed by atoms with E-state index in [2.05, 4.69) is 27.3 Å². The van der Waals surface area contributed by atoms with Crippen LogP contribution in [-0.2, 0) is 4.74 Å². The fourth-order valence-electron chi connectivity index (χ4n) is 3.14. The molecule has 102 valence electrons. The van der Waals surface area contributed by atoms with Crippen molar-refractivity contribution in [2.24, 2.45) is 0 Å². The van der Waals surface area contributed by atoms with Gasteiger partial charge in [-0.05, 0) is 47.4 Å². The van der Waals surface area contributed by atoms with E-state index in [9.17, 15) is 4.79 Å². The molecule has 0 saturated carbocycles. The molecule has 3 rings (SSSR count). The third-order valence-electron chi connectivity index (χ3n) is 3.90. The van der Waals surface area contributed by atoms with Crippen molar-refractivity contribution in [2.75, 3.05) is 24.6 Å². The molecule has 0 bridgehead atoms. The number of hydrogen-bond acceptors (Lipinski definition) is 3. The van der Waals surface area contributed by atoms with Crippen molar-refractivity contribution in [1.29, 1.82) is 0 Å². The molecule has 2 atom stereocenters. The van der Waals surface area contributed by atoms with Gasteiger partial charge in [-0.2, -0.15) is 0 Å². The summed E-state index contributed by atoms with van der Waals surface area (Å²) in [6.45, 7) is 4.12. The second kappa shape index (κ2) is 5.13. The minimum Gasteiger partial charge on any atom is -0.449 e. The zero-order valence-electron chi connectivity index (χ0n) is 10.9. The number of piperidine rings is 1. The first kappa shape index (κ1) is 12.9. The van der Waals surface area contributed by atoms with Crippen LogP contribution in [0.1, 0.15) is 24.8 Å². The van der Waals surface area contributed by atoms with Gasteiger partial charge in [0.15, 0.2) is 0 Å². The Morgan fingerprint density at radius 1 is 1.58 bits per heavy atom. The van der Waals surface area contributed by atoms with Crippen molar-refractivity contribution in [2.45, 2.75) is 25.3 Å². The van der Waals surface area contributed by atoms with Gasteiger partial charge in [-0.3, -0.25) is 4.90 Å². The Bertz CT molecular complexity index is 506. The summed E-state index contributed by atoms with van der Waals surface area (Å²) in [6.07, 6.45) is 0.731. The van der Waals surface area contributed by atoms with E-state index in [4.69, 9.17) is 4.74 Å². The van der Waals surface area contributed by atoms with Crippen LogP contribution in [0.2, 0.25) is 0 Å². The van der Waals surface area contributed by atoms with E-state index in [0.29, 0.717) is 12.5 Å². The maximum Gasteiger partial charge on any atom is 0.414 e. The summed E-state index contributed by atoms with van der Waals surface area (Å²) in [5.41, 5.74) is 2.22. The number of para-hydroxylation sites is 1. The molecule has 1 aromatic rings. The highest BCUT2D eigenvalue weighted by Gasteiger charge is 2.44. The van der Waals surface area contributed by atoms with Crippen molar-refractivity contribution < 1.29 is 9.53 Å². The molecule has 0 spiro atoms. The highest BCUT2D eigenvalue weighted by molar-refractivity contribution is 9.10. The maximum atomic E-state index is 12.3. The van der Waals surface area contributed by atoms with Gasteiger partial charge >= 0.3 is 6.09 Å². The number of halogens is 1. The van der Waals surface area contributed by atoms with Gasteiger partial charge in [-0.15, -0.1) is 0 Å². The van der Waals surface area contributed by atoms with Crippen LogP contribution in [0.4, 0.5) is 10.5 Å². The predicted octanol–water partition coefficient (Wildman–Crippen LogP) is 2.87. The summed E-state index contributed by atoms with van der Waals surface area (Å²) in [5, 5.41) is 3.41. The lowest BCUT2D eigenvalue weighted by molar-refractivity contribution is 0.156. The lowest BCUT2D eigenvalue weighted by Gasteiger charge is -2.31. The molecule has 0 aromatic heterocycles. The maximum absolute atomic E-state index is 12.3. The van der Waals surface area contributed by atoms with Crippen LogP contribution in [0.3, 0.4) is 0 Å². The van der Waals surface area contributed by atoms with Gasteiger partial charge in [0, 0.05) is 23.0 Å². The quantitative estimate of drug-likeness (QED) is 0.863. The van der Waals surface area contributed by atoms with Gasteiger partial charge in [0.1, 0.15) is 0 Å². The fourth-order valence-corrected chi connectivity index (χ4v) is 3.71. The first-order valence-corrected chi connectivity index (χ1v) is 7.48. The Kier molecular flexibility index (Phi) is 3.50. The van der Waals surface area contributed by atoms with Crippen LogP contribution in [0.5, 0.6) is 0 Å². The summed E-state index contributed by atoms with van der Waals surface area (Å²) in [7, 11) is 0. The lowest BCUT2D eigenvalue weighted by atomic mass is 9.90. The molecule has 19 heavy (non-hydrogen) atoms. The standard InChI is InChI=1S/C14H17BrN2O2/c1-2-19-14(18)17-12-6-7-16-8-10(12)9-4-3-5-11(15)13(9)17/h3-5,10,12,16H,2,6-8H2,1H3/t10-,12-/m1/s1. The van der Waals surface area contributed by atoms with Crippen LogP contribution >= 0.6 is 15.9 Å². The van der Waals surface area contributed by atoms with E-state index < -0.39 is 0 Å². The number of amides is 1. The van der Waals surface area contributed by atoms with Crippen LogP contribution in [-0.4, -0.2) is 31.8 Å². The molecule has 4 nitrogen and oxygen atoms in total. The van der Waals surface area contributed by atoms with Crippen molar-refractivity contribution in [3.8, 4) is 0 Å². The van der Waals surface area contributed by atoms with E-state index in [0.717, 1.165) is 29.7 Å². The Morgan fingerprint density at radius 3 is 3.21 bits per heavy atom. The van der Waals surface area contributed by atoms with Gasteiger partial charge < -0.3 is 10.1 Å². The monoisotopic (exact) mass is 324 g/mol. The number of nitrogens with zero attached hydrogens (tertiary/aromatic N) is 1. The number of carbonyl (C=O) groups is 1. The highest BCUT2D eigenvalue weighted by atomic mass is 79.9. The highest BCUT2D eigenvalue weighted by Crippen LogP contribution is 2.47. The molecular formula is C14H17BrN2O2. The summed E-state index contributed by atoms with van der Waals surface area (Å²) < 4.78 is 6.20. The number of anilines is 1. The van der Waals surface area contributed by atoms with E-state index in [1.165, 1.54) is 5.56 Å². The summed E-state index contributed by atoms with van der Waals surface area (Å²) in [4.78, 5) is 14.1. The number of nitrogens with one attached hydrogen (secondary N) is 1. The van der Waals surface area contributed by atoms with Crippen molar-refractivity contribution in [1.82, 2.24) is 5.32 Å². The van der Waals surface area contributed by atoms with E-state index >= 15 is 0 Å². The zero-order chi connectivity index (χ0) is 13.4. The van der Waals surface area contributed by atoms with Crippen molar-refractivity contribution in [3.05, 3.63) is 28.2 Å². The van der Waals surface area contributed by atoms with Gasteiger partial charge in [0.25, 0.3) is 0 Å². The fraction of sp³-hybridized carbons (Fsp3) is 0.500. The number of carbonyl (C=O) groups excluding carboxylic acids is 1. The zero-order valence-corrected chi connectivity index (χ0v) is 12.4. The number of benzene rings is 1. The second-order valence-corrected chi connectivity index (χ2v) is 5.77. The third-order valence-corrected chi connectivity index (χ3v) is 4.54.